The molecule has 8 heteroatoms. The predicted molar refractivity (Wildman–Crippen MR) is 75.4 cm³/mol. The molecule has 2 N–H and O–H groups in total. The van der Waals surface area contributed by atoms with Crippen LogP contribution in [-0.4, -0.2) is 31.5 Å². The number of rotatable bonds is 8. The molecule has 1 aromatic rings. The molecule has 0 saturated heterocycles. The van der Waals surface area contributed by atoms with E-state index >= 15 is 0 Å². The van der Waals surface area contributed by atoms with Crippen molar-refractivity contribution in [1.82, 2.24) is 0 Å². The molecule has 0 aliphatic carbocycles. The second-order valence-corrected chi connectivity index (χ2v) is 6.56. The molecule has 0 aliphatic rings. The van der Waals surface area contributed by atoms with E-state index in [9.17, 15) is 18.5 Å². The predicted octanol–water partition coefficient (Wildman–Crippen LogP) is 1.26. The summed E-state index contributed by atoms with van der Waals surface area (Å²) in [4.78, 5) is 10.1. The second-order valence-electron chi connectivity index (χ2n) is 4.25. The lowest BCUT2D eigenvalue weighted by Crippen LogP contribution is -2.17. The van der Waals surface area contributed by atoms with Gasteiger partial charge in [-0.15, -0.1) is 0 Å². The SMILES string of the molecule is CCCS(=O)(=O)CCOc1ccc([N+](=O)[O-])cc1CN. The minimum atomic E-state index is -3.11. The molecule has 0 fully saturated rings. The molecule has 0 spiro atoms. The van der Waals surface area contributed by atoms with Gasteiger partial charge in [0.1, 0.15) is 12.4 Å². The number of hydrogen-bond acceptors (Lipinski definition) is 6. The van der Waals surface area contributed by atoms with Crippen molar-refractivity contribution < 1.29 is 18.1 Å². The fraction of sp³-hybridized carbons (Fsp3) is 0.500. The molecule has 112 valence electrons. The van der Waals surface area contributed by atoms with Crippen LogP contribution in [0.2, 0.25) is 0 Å². The highest BCUT2D eigenvalue weighted by atomic mass is 32.2. The monoisotopic (exact) mass is 302 g/mol. The summed E-state index contributed by atoms with van der Waals surface area (Å²) in [5.41, 5.74) is 5.91. The Morgan fingerprint density at radius 2 is 2.05 bits per heavy atom. The highest BCUT2D eigenvalue weighted by molar-refractivity contribution is 7.91. The molecule has 0 radical (unpaired) electrons. The van der Waals surface area contributed by atoms with Gasteiger partial charge in [-0.3, -0.25) is 10.1 Å². The van der Waals surface area contributed by atoms with E-state index in [2.05, 4.69) is 0 Å². The van der Waals surface area contributed by atoms with E-state index in [1.807, 2.05) is 0 Å². The van der Waals surface area contributed by atoms with Crippen LogP contribution < -0.4 is 10.5 Å². The van der Waals surface area contributed by atoms with Crippen molar-refractivity contribution in [2.45, 2.75) is 19.9 Å². The van der Waals surface area contributed by atoms with Gasteiger partial charge in [-0.2, -0.15) is 0 Å². The van der Waals surface area contributed by atoms with Crippen LogP contribution in [0.5, 0.6) is 5.75 Å². The average molecular weight is 302 g/mol. The Bertz CT molecular complexity index is 571. The third-order valence-corrected chi connectivity index (χ3v) is 4.46. The third kappa shape index (κ3) is 4.78. The summed E-state index contributed by atoms with van der Waals surface area (Å²) in [6, 6.07) is 4.07. The van der Waals surface area contributed by atoms with Crippen molar-refractivity contribution in [3.8, 4) is 5.75 Å². The van der Waals surface area contributed by atoms with E-state index in [-0.39, 0.29) is 30.3 Å². The lowest BCUT2D eigenvalue weighted by molar-refractivity contribution is -0.384. The zero-order valence-electron chi connectivity index (χ0n) is 11.2. The van der Waals surface area contributed by atoms with Crippen LogP contribution in [0.15, 0.2) is 18.2 Å². The van der Waals surface area contributed by atoms with Gasteiger partial charge in [0, 0.05) is 24.2 Å². The number of nitro groups is 1. The Balaban J connectivity index is 2.71. The highest BCUT2D eigenvalue weighted by Gasteiger charge is 2.13. The minimum Gasteiger partial charge on any atom is -0.492 e. The molecule has 0 bridgehead atoms. The average Bonchev–Trinajstić information content (AvgIpc) is 2.38. The molecule has 0 unspecified atom stereocenters. The molecular weight excluding hydrogens is 284 g/mol. The maximum Gasteiger partial charge on any atom is 0.270 e. The van der Waals surface area contributed by atoms with Crippen LogP contribution in [0.3, 0.4) is 0 Å². The van der Waals surface area contributed by atoms with E-state index in [1.54, 1.807) is 6.92 Å². The lowest BCUT2D eigenvalue weighted by Gasteiger charge is -2.10. The molecule has 7 nitrogen and oxygen atoms in total. The molecule has 1 rings (SSSR count). The summed E-state index contributed by atoms with van der Waals surface area (Å²) in [5, 5.41) is 10.6. The summed E-state index contributed by atoms with van der Waals surface area (Å²) in [6.07, 6.45) is 0.563. The number of non-ortho nitro benzene ring substituents is 1. The molecule has 0 aliphatic heterocycles. The van der Waals surface area contributed by atoms with Crippen LogP contribution in [0.4, 0.5) is 5.69 Å². The zero-order chi connectivity index (χ0) is 15.2. The lowest BCUT2D eigenvalue weighted by atomic mass is 10.2. The number of nitrogens with two attached hydrogens (primary N) is 1. The number of nitro benzene ring substituents is 1. The van der Waals surface area contributed by atoms with E-state index in [1.165, 1.54) is 18.2 Å². The first kappa shape index (κ1) is 16.4. The maximum atomic E-state index is 11.5. The van der Waals surface area contributed by atoms with Crippen LogP contribution in [0, 0.1) is 10.1 Å². The smallest absolute Gasteiger partial charge is 0.270 e. The van der Waals surface area contributed by atoms with E-state index < -0.39 is 14.8 Å². The van der Waals surface area contributed by atoms with Crippen molar-refractivity contribution in [3.05, 3.63) is 33.9 Å². The van der Waals surface area contributed by atoms with Gasteiger partial charge in [0.25, 0.3) is 5.69 Å². The standard InChI is InChI=1S/C12H18N2O5S/c1-2-6-20(17,18)7-5-19-12-4-3-11(14(15)16)8-10(12)9-13/h3-4,8H,2,5-7,9,13H2,1H3. The van der Waals surface area contributed by atoms with Crippen LogP contribution in [0.25, 0.3) is 0 Å². The van der Waals surface area contributed by atoms with Crippen LogP contribution in [-0.2, 0) is 16.4 Å². The highest BCUT2D eigenvalue weighted by Crippen LogP contribution is 2.23. The fourth-order valence-electron chi connectivity index (χ4n) is 1.67. The van der Waals surface area contributed by atoms with E-state index in [4.69, 9.17) is 10.5 Å². The van der Waals surface area contributed by atoms with Crippen molar-refractivity contribution in [3.63, 3.8) is 0 Å². The van der Waals surface area contributed by atoms with Crippen molar-refractivity contribution in [2.24, 2.45) is 5.73 Å². The normalized spacial score (nSPS) is 11.3. The second kappa shape index (κ2) is 7.20. The van der Waals surface area contributed by atoms with E-state index in [0.717, 1.165) is 0 Å². The van der Waals surface area contributed by atoms with Crippen LogP contribution >= 0.6 is 0 Å². The number of ether oxygens (including phenoxy) is 1. The number of hydrogen-bond donors (Lipinski definition) is 1. The summed E-state index contributed by atoms with van der Waals surface area (Å²) in [7, 11) is -3.11. The van der Waals surface area contributed by atoms with Gasteiger partial charge in [0.2, 0.25) is 0 Å². The first-order chi connectivity index (χ1) is 9.39. The molecular formula is C12H18N2O5S. The first-order valence-corrected chi connectivity index (χ1v) is 8.02. The Hall–Kier alpha value is -1.67. The van der Waals surface area contributed by atoms with Gasteiger partial charge in [0.05, 0.1) is 16.4 Å². The van der Waals surface area contributed by atoms with E-state index in [0.29, 0.717) is 17.7 Å². The summed E-state index contributed by atoms with van der Waals surface area (Å²) in [5.74, 6) is 0.423. The quantitative estimate of drug-likeness (QED) is 0.571. The molecule has 1 aromatic carbocycles. The Morgan fingerprint density at radius 3 is 2.60 bits per heavy atom. The topological polar surface area (TPSA) is 113 Å². The summed E-state index contributed by atoms with van der Waals surface area (Å²) < 4.78 is 28.4. The number of benzene rings is 1. The molecule has 0 amide bonds. The van der Waals surface area contributed by atoms with Gasteiger partial charge >= 0.3 is 0 Å². The molecule has 0 atom stereocenters. The minimum absolute atomic E-state index is 0.00709. The third-order valence-electron chi connectivity index (χ3n) is 2.64. The molecule has 0 saturated carbocycles. The van der Waals surface area contributed by atoms with Crippen molar-refractivity contribution in [2.75, 3.05) is 18.1 Å². The van der Waals surface area contributed by atoms with Crippen molar-refractivity contribution in [1.29, 1.82) is 0 Å². The Kier molecular flexibility index (Phi) is 5.90. The number of nitrogens with zero attached hydrogens (tertiary/aromatic N) is 1. The van der Waals surface area contributed by atoms with Gasteiger partial charge in [-0.1, -0.05) is 6.92 Å². The fourth-order valence-corrected chi connectivity index (χ4v) is 2.83. The summed E-state index contributed by atoms with van der Waals surface area (Å²) in [6.45, 7) is 1.88. The number of sulfone groups is 1. The Labute approximate surface area is 117 Å². The first-order valence-electron chi connectivity index (χ1n) is 6.20. The van der Waals surface area contributed by atoms with Crippen molar-refractivity contribution >= 4 is 15.5 Å². The van der Waals surface area contributed by atoms with Gasteiger partial charge in [0.15, 0.2) is 9.84 Å². The van der Waals surface area contributed by atoms with Crippen LogP contribution in [0.1, 0.15) is 18.9 Å². The molecule has 0 heterocycles. The largest absolute Gasteiger partial charge is 0.492 e. The Morgan fingerprint density at radius 1 is 1.35 bits per heavy atom. The molecule has 20 heavy (non-hydrogen) atoms. The van der Waals surface area contributed by atoms with Gasteiger partial charge in [-0.25, -0.2) is 8.42 Å². The van der Waals surface area contributed by atoms with Gasteiger partial charge in [-0.05, 0) is 12.5 Å². The summed E-state index contributed by atoms with van der Waals surface area (Å²) >= 11 is 0. The maximum absolute atomic E-state index is 11.5. The zero-order valence-corrected chi connectivity index (χ0v) is 12.1. The molecule has 0 aromatic heterocycles. The van der Waals surface area contributed by atoms with Gasteiger partial charge < -0.3 is 10.5 Å².